The molecule has 0 radical (unpaired) electrons. The molecule has 2 N–H and O–H groups in total. The van der Waals surface area contributed by atoms with Crippen LogP contribution in [0.4, 0.5) is 0 Å². The number of carboxylic acid groups (broad SMARTS) is 1. The topological polar surface area (TPSA) is 89.8 Å². The van der Waals surface area contributed by atoms with E-state index in [0.29, 0.717) is 16.9 Å². The summed E-state index contributed by atoms with van der Waals surface area (Å²) in [5.41, 5.74) is 2.78. The number of aryl methyl sites for hydroxylation is 1. The normalized spacial score (nSPS) is 10.2. The third kappa shape index (κ3) is 1.73. The van der Waals surface area contributed by atoms with Gasteiger partial charge >= 0.3 is 5.97 Å². The minimum atomic E-state index is -0.934. The first-order chi connectivity index (χ1) is 7.60. The second kappa shape index (κ2) is 3.66. The van der Waals surface area contributed by atoms with Crippen molar-refractivity contribution < 1.29 is 9.90 Å². The summed E-state index contributed by atoms with van der Waals surface area (Å²) in [5, 5.41) is 17.5. The zero-order valence-electron chi connectivity index (χ0n) is 8.61. The summed E-state index contributed by atoms with van der Waals surface area (Å²) in [4.78, 5) is 17.6. The lowest BCUT2D eigenvalue weighted by atomic mass is 10.1. The average Bonchev–Trinajstić information content (AvgIpc) is 2.56. The molecule has 1 aromatic carbocycles. The predicted molar refractivity (Wildman–Crippen MR) is 56.9 cm³/mol. The van der Waals surface area contributed by atoms with Crippen molar-refractivity contribution in [2.75, 3.05) is 0 Å². The number of aliphatic carboxylic acids is 1. The number of carboxylic acids is 1. The highest BCUT2D eigenvalue weighted by molar-refractivity contribution is 5.79. The van der Waals surface area contributed by atoms with E-state index in [1.54, 1.807) is 12.1 Å². The van der Waals surface area contributed by atoms with Crippen molar-refractivity contribution in [2.45, 2.75) is 13.3 Å². The van der Waals surface area contributed by atoms with E-state index in [2.05, 4.69) is 16.0 Å². The molecule has 1 heterocycles. The maximum Gasteiger partial charge on any atom is 0.311 e. The summed E-state index contributed by atoms with van der Waals surface area (Å²) in [7, 11) is 0. The summed E-state index contributed by atoms with van der Waals surface area (Å²) in [6, 6.07) is 5.52. The van der Waals surface area contributed by atoms with E-state index in [1.807, 2.05) is 6.92 Å². The lowest BCUT2D eigenvalue weighted by molar-refractivity contribution is -0.136. The predicted octanol–water partition coefficient (Wildman–Crippen LogP) is 1.37. The Hall–Kier alpha value is -2.35. The highest BCUT2D eigenvalue weighted by atomic mass is 16.4. The van der Waals surface area contributed by atoms with Crippen LogP contribution >= 0.6 is 0 Å². The van der Waals surface area contributed by atoms with Crippen LogP contribution in [0, 0.1) is 18.3 Å². The molecule has 2 rings (SSSR count). The molecule has 0 saturated carbocycles. The SMILES string of the molecule is Cc1cc2[nH]c(CC(=O)O)nc2cc1C#N. The van der Waals surface area contributed by atoms with Crippen LogP contribution in [0.1, 0.15) is 17.0 Å². The first-order valence-corrected chi connectivity index (χ1v) is 4.71. The van der Waals surface area contributed by atoms with E-state index in [9.17, 15) is 4.79 Å². The third-order valence-electron chi connectivity index (χ3n) is 2.32. The Balaban J connectivity index is 2.54. The Kier molecular flexibility index (Phi) is 2.33. The van der Waals surface area contributed by atoms with E-state index in [-0.39, 0.29) is 6.42 Å². The smallest absolute Gasteiger partial charge is 0.311 e. The van der Waals surface area contributed by atoms with Crippen LogP contribution in [-0.4, -0.2) is 21.0 Å². The van der Waals surface area contributed by atoms with Gasteiger partial charge in [0.1, 0.15) is 12.2 Å². The van der Waals surface area contributed by atoms with Gasteiger partial charge in [0.05, 0.1) is 22.7 Å². The number of aromatic nitrogens is 2. The molecule has 0 bridgehead atoms. The fourth-order valence-electron chi connectivity index (χ4n) is 1.57. The van der Waals surface area contributed by atoms with Crippen molar-refractivity contribution in [2.24, 2.45) is 0 Å². The van der Waals surface area contributed by atoms with Gasteiger partial charge in [-0.1, -0.05) is 0 Å². The third-order valence-corrected chi connectivity index (χ3v) is 2.32. The van der Waals surface area contributed by atoms with Gasteiger partial charge < -0.3 is 10.1 Å². The second-order valence-corrected chi connectivity index (χ2v) is 3.55. The standard InChI is InChI=1S/C11H9N3O2/c1-6-2-8-9(3-7(6)5-12)14-10(13-8)4-11(15)16/h2-3H,4H2,1H3,(H,13,14)(H,15,16). The largest absolute Gasteiger partial charge is 0.481 e. The summed E-state index contributed by atoms with van der Waals surface area (Å²) in [6.07, 6.45) is -0.143. The van der Waals surface area contributed by atoms with Crippen LogP contribution < -0.4 is 0 Å². The molecule has 0 atom stereocenters. The molecule has 0 spiro atoms. The van der Waals surface area contributed by atoms with Crippen molar-refractivity contribution in [3.63, 3.8) is 0 Å². The molecule has 0 amide bonds. The van der Waals surface area contributed by atoms with Crippen molar-refractivity contribution >= 4 is 17.0 Å². The zero-order valence-corrected chi connectivity index (χ0v) is 8.61. The van der Waals surface area contributed by atoms with Gasteiger partial charge in [-0.05, 0) is 24.6 Å². The van der Waals surface area contributed by atoms with Crippen LogP contribution in [0.25, 0.3) is 11.0 Å². The van der Waals surface area contributed by atoms with Gasteiger partial charge in [-0.25, -0.2) is 4.98 Å². The Morgan fingerprint density at radius 3 is 3.00 bits per heavy atom. The molecule has 0 saturated heterocycles. The molecule has 0 aliphatic rings. The maximum absolute atomic E-state index is 10.5. The quantitative estimate of drug-likeness (QED) is 0.791. The van der Waals surface area contributed by atoms with E-state index in [4.69, 9.17) is 10.4 Å². The van der Waals surface area contributed by atoms with Gasteiger partial charge in [0.25, 0.3) is 0 Å². The number of imidazole rings is 1. The van der Waals surface area contributed by atoms with Crippen LogP contribution in [-0.2, 0) is 11.2 Å². The van der Waals surface area contributed by atoms with E-state index in [0.717, 1.165) is 11.1 Å². The fourth-order valence-corrected chi connectivity index (χ4v) is 1.57. The summed E-state index contributed by atoms with van der Waals surface area (Å²) < 4.78 is 0. The van der Waals surface area contributed by atoms with Gasteiger partial charge in [-0.15, -0.1) is 0 Å². The monoisotopic (exact) mass is 215 g/mol. The van der Waals surface area contributed by atoms with Gasteiger partial charge in [0.2, 0.25) is 0 Å². The Labute approximate surface area is 91.3 Å². The molecule has 0 aliphatic carbocycles. The summed E-state index contributed by atoms with van der Waals surface area (Å²) in [6.45, 7) is 1.83. The molecule has 0 unspecified atom stereocenters. The fraction of sp³-hybridized carbons (Fsp3) is 0.182. The minimum Gasteiger partial charge on any atom is -0.481 e. The van der Waals surface area contributed by atoms with Gasteiger partial charge in [-0.2, -0.15) is 5.26 Å². The number of hydrogen-bond donors (Lipinski definition) is 2. The molecule has 5 nitrogen and oxygen atoms in total. The zero-order chi connectivity index (χ0) is 11.7. The van der Waals surface area contributed by atoms with Crippen molar-refractivity contribution in [1.29, 1.82) is 5.26 Å². The minimum absolute atomic E-state index is 0.143. The first-order valence-electron chi connectivity index (χ1n) is 4.71. The molecule has 0 fully saturated rings. The molecule has 1 aromatic heterocycles. The molecule has 16 heavy (non-hydrogen) atoms. The number of carbonyl (C=O) groups is 1. The number of rotatable bonds is 2. The van der Waals surface area contributed by atoms with Crippen LogP contribution in [0.5, 0.6) is 0 Å². The van der Waals surface area contributed by atoms with E-state index >= 15 is 0 Å². The van der Waals surface area contributed by atoms with Crippen molar-refractivity contribution in [1.82, 2.24) is 9.97 Å². The lowest BCUT2D eigenvalue weighted by Gasteiger charge is -1.95. The van der Waals surface area contributed by atoms with Crippen LogP contribution in [0.3, 0.4) is 0 Å². The maximum atomic E-state index is 10.5. The number of aromatic amines is 1. The molecular formula is C11H9N3O2. The van der Waals surface area contributed by atoms with Crippen molar-refractivity contribution in [3.8, 4) is 6.07 Å². The van der Waals surface area contributed by atoms with Gasteiger partial charge in [0, 0.05) is 0 Å². The molecule has 2 aromatic rings. The lowest BCUT2D eigenvalue weighted by Crippen LogP contribution is -2.01. The number of hydrogen-bond acceptors (Lipinski definition) is 3. The second-order valence-electron chi connectivity index (χ2n) is 3.55. The van der Waals surface area contributed by atoms with Gasteiger partial charge in [0.15, 0.2) is 0 Å². The molecule has 80 valence electrons. The number of nitrogens with zero attached hydrogens (tertiary/aromatic N) is 2. The number of nitrogens with one attached hydrogen (secondary N) is 1. The summed E-state index contributed by atoms with van der Waals surface area (Å²) >= 11 is 0. The van der Waals surface area contributed by atoms with Crippen molar-refractivity contribution in [3.05, 3.63) is 29.1 Å². The Morgan fingerprint density at radius 1 is 1.62 bits per heavy atom. The Bertz CT molecular complexity index is 607. The van der Waals surface area contributed by atoms with E-state index < -0.39 is 5.97 Å². The average molecular weight is 215 g/mol. The highest BCUT2D eigenvalue weighted by Gasteiger charge is 2.08. The van der Waals surface area contributed by atoms with Gasteiger partial charge in [-0.3, -0.25) is 4.79 Å². The molecule has 0 aliphatic heterocycles. The van der Waals surface area contributed by atoms with E-state index in [1.165, 1.54) is 0 Å². The number of H-pyrrole nitrogens is 1. The highest BCUT2D eigenvalue weighted by Crippen LogP contribution is 2.17. The van der Waals surface area contributed by atoms with Crippen LogP contribution in [0.15, 0.2) is 12.1 Å². The number of nitriles is 1. The Morgan fingerprint density at radius 2 is 2.38 bits per heavy atom. The molecule has 5 heteroatoms. The molecular weight excluding hydrogens is 206 g/mol. The number of fused-ring (bicyclic) bond motifs is 1. The van der Waals surface area contributed by atoms with Crippen LogP contribution in [0.2, 0.25) is 0 Å². The first kappa shape index (κ1) is 10.2. The number of benzene rings is 1. The summed E-state index contributed by atoms with van der Waals surface area (Å²) in [5.74, 6) is -0.534.